The molecule has 3 nitrogen and oxygen atoms in total. The summed E-state index contributed by atoms with van der Waals surface area (Å²) in [6, 6.07) is 0. The summed E-state index contributed by atoms with van der Waals surface area (Å²) in [6.07, 6.45) is 4.27. The molecule has 0 aliphatic heterocycles. The van der Waals surface area contributed by atoms with Gasteiger partial charge in [0.2, 0.25) is 0 Å². The lowest BCUT2D eigenvalue weighted by atomic mass is 10.3. The van der Waals surface area contributed by atoms with Crippen LogP contribution in [-0.4, -0.2) is 21.4 Å². The van der Waals surface area contributed by atoms with E-state index >= 15 is 0 Å². The normalized spacial score (nSPS) is 10.9. The monoisotopic (exact) mass is 303 g/mol. The standard InChI is InChI=1S/C10H13N3S4/c1-3-4-8-11-7(5-15-8)6-16-10-13-12-9(14-2)17-10/h5H,3-4,6H2,1-2H3. The Bertz CT molecular complexity index is 466. The van der Waals surface area contributed by atoms with Crippen LogP contribution in [0.5, 0.6) is 0 Å². The minimum Gasteiger partial charge on any atom is -0.245 e. The smallest absolute Gasteiger partial charge is 0.175 e. The highest BCUT2D eigenvalue weighted by molar-refractivity contribution is 8.02. The Balaban J connectivity index is 1.88. The highest BCUT2D eigenvalue weighted by Crippen LogP contribution is 2.29. The second kappa shape index (κ2) is 6.72. The molecule has 0 bridgehead atoms. The van der Waals surface area contributed by atoms with Crippen LogP contribution >= 0.6 is 46.2 Å². The molecule has 7 heteroatoms. The highest BCUT2D eigenvalue weighted by atomic mass is 32.2. The molecule has 0 saturated carbocycles. The van der Waals surface area contributed by atoms with Crippen molar-refractivity contribution < 1.29 is 0 Å². The van der Waals surface area contributed by atoms with Gasteiger partial charge in [-0.15, -0.1) is 21.5 Å². The average molecular weight is 304 g/mol. The van der Waals surface area contributed by atoms with Crippen LogP contribution in [-0.2, 0) is 12.2 Å². The molecule has 0 spiro atoms. The number of thiazole rings is 1. The van der Waals surface area contributed by atoms with Gasteiger partial charge in [0.1, 0.15) is 0 Å². The van der Waals surface area contributed by atoms with Crippen LogP contribution in [0.25, 0.3) is 0 Å². The Morgan fingerprint density at radius 3 is 2.82 bits per heavy atom. The van der Waals surface area contributed by atoms with E-state index in [2.05, 4.69) is 27.5 Å². The molecule has 0 aliphatic rings. The van der Waals surface area contributed by atoms with Crippen molar-refractivity contribution in [2.75, 3.05) is 6.26 Å². The van der Waals surface area contributed by atoms with E-state index in [1.165, 1.54) is 5.01 Å². The molecular formula is C10H13N3S4. The van der Waals surface area contributed by atoms with Gasteiger partial charge in [0.05, 0.1) is 10.7 Å². The van der Waals surface area contributed by atoms with Crippen molar-refractivity contribution >= 4 is 46.2 Å². The van der Waals surface area contributed by atoms with E-state index in [0.717, 1.165) is 33.0 Å². The van der Waals surface area contributed by atoms with Crippen molar-refractivity contribution in [2.45, 2.75) is 34.2 Å². The number of hydrogen-bond acceptors (Lipinski definition) is 7. The van der Waals surface area contributed by atoms with E-state index in [-0.39, 0.29) is 0 Å². The molecule has 2 aromatic heterocycles. The molecule has 0 radical (unpaired) electrons. The van der Waals surface area contributed by atoms with Gasteiger partial charge in [0.15, 0.2) is 8.68 Å². The first-order chi connectivity index (χ1) is 8.31. The van der Waals surface area contributed by atoms with E-state index in [4.69, 9.17) is 0 Å². The summed E-state index contributed by atoms with van der Waals surface area (Å²) in [5.74, 6) is 0.892. The predicted molar refractivity (Wildman–Crippen MR) is 77.4 cm³/mol. The maximum atomic E-state index is 4.59. The molecular weight excluding hydrogens is 290 g/mol. The molecule has 0 N–H and O–H groups in total. The average Bonchev–Trinajstić information content (AvgIpc) is 2.95. The summed E-state index contributed by atoms with van der Waals surface area (Å²) in [7, 11) is 0. The number of aryl methyl sites for hydroxylation is 1. The van der Waals surface area contributed by atoms with Crippen molar-refractivity contribution in [2.24, 2.45) is 0 Å². The summed E-state index contributed by atoms with van der Waals surface area (Å²) in [4.78, 5) is 4.59. The van der Waals surface area contributed by atoms with Crippen molar-refractivity contribution in [3.05, 3.63) is 16.1 Å². The van der Waals surface area contributed by atoms with Crippen LogP contribution in [0.3, 0.4) is 0 Å². The van der Waals surface area contributed by atoms with Crippen LogP contribution < -0.4 is 0 Å². The van der Waals surface area contributed by atoms with Crippen LogP contribution in [0.4, 0.5) is 0 Å². The van der Waals surface area contributed by atoms with Gasteiger partial charge < -0.3 is 0 Å². The molecule has 0 amide bonds. The van der Waals surface area contributed by atoms with Crippen molar-refractivity contribution in [1.29, 1.82) is 0 Å². The summed E-state index contributed by atoms with van der Waals surface area (Å²) in [5.41, 5.74) is 1.16. The lowest BCUT2D eigenvalue weighted by Crippen LogP contribution is -1.84. The van der Waals surface area contributed by atoms with Crippen molar-refractivity contribution in [1.82, 2.24) is 15.2 Å². The second-order valence-electron chi connectivity index (χ2n) is 3.31. The zero-order valence-corrected chi connectivity index (χ0v) is 12.9. The minimum absolute atomic E-state index is 0.892. The number of nitrogens with zero attached hydrogens (tertiary/aromatic N) is 3. The van der Waals surface area contributed by atoms with Crippen LogP contribution in [0.2, 0.25) is 0 Å². The second-order valence-corrected chi connectivity index (χ2v) is 7.51. The fourth-order valence-electron chi connectivity index (χ4n) is 1.22. The Kier molecular flexibility index (Phi) is 5.27. The third kappa shape index (κ3) is 3.94. The summed E-state index contributed by atoms with van der Waals surface area (Å²) < 4.78 is 2.05. The van der Waals surface area contributed by atoms with Gasteiger partial charge in [-0.05, 0) is 19.1 Å². The number of hydrogen-bond donors (Lipinski definition) is 0. The molecule has 2 rings (SSSR count). The summed E-state index contributed by atoms with van der Waals surface area (Å²) in [5, 5.41) is 11.6. The molecule has 92 valence electrons. The molecule has 0 aromatic carbocycles. The maximum absolute atomic E-state index is 4.59. The fraction of sp³-hybridized carbons (Fsp3) is 0.500. The van der Waals surface area contributed by atoms with E-state index in [1.54, 1.807) is 46.2 Å². The Labute approximate surface area is 117 Å². The minimum atomic E-state index is 0.892. The Morgan fingerprint density at radius 2 is 2.12 bits per heavy atom. The zero-order chi connectivity index (χ0) is 12.1. The van der Waals surface area contributed by atoms with Crippen molar-refractivity contribution in [3.8, 4) is 0 Å². The van der Waals surface area contributed by atoms with Gasteiger partial charge in [-0.1, -0.05) is 41.8 Å². The summed E-state index contributed by atoms with van der Waals surface area (Å²) >= 11 is 6.76. The number of aromatic nitrogens is 3. The Morgan fingerprint density at radius 1 is 1.29 bits per heavy atom. The summed E-state index contributed by atoms with van der Waals surface area (Å²) in [6.45, 7) is 2.18. The van der Waals surface area contributed by atoms with Gasteiger partial charge in [-0.3, -0.25) is 0 Å². The third-order valence-corrected chi connectivity index (χ3v) is 5.99. The topological polar surface area (TPSA) is 38.7 Å². The first-order valence-corrected chi connectivity index (χ1v) is 9.16. The number of thioether (sulfide) groups is 2. The van der Waals surface area contributed by atoms with Crippen molar-refractivity contribution in [3.63, 3.8) is 0 Å². The first kappa shape index (κ1) is 13.3. The van der Waals surface area contributed by atoms with Crippen LogP contribution in [0, 0.1) is 0 Å². The first-order valence-electron chi connectivity index (χ1n) is 5.25. The lowest BCUT2D eigenvalue weighted by molar-refractivity contribution is 0.902. The Hall–Kier alpha value is -0.110. The quantitative estimate of drug-likeness (QED) is 0.755. The fourth-order valence-corrected chi connectivity index (χ4v) is 4.55. The van der Waals surface area contributed by atoms with Crippen LogP contribution in [0.15, 0.2) is 14.1 Å². The third-order valence-electron chi connectivity index (χ3n) is 1.97. The molecule has 0 fully saturated rings. The SMILES string of the molecule is CCCc1nc(CSc2nnc(SC)s2)cs1. The molecule has 0 saturated heterocycles. The molecule has 2 heterocycles. The van der Waals surface area contributed by atoms with E-state index < -0.39 is 0 Å². The predicted octanol–water partition coefficient (Wildman–Crippen LogP) is 3.96. The van der Waals surface area contributed by atoms with E-state index in [1.807, 2.05) is 6.26 Å². The zero-order valence-electron chi connectivity index (χ0n) is 9.67. The van der Waals surface area contributed by atoms with Gasteiger partial charge in [0.25, 0.3) is 0 Å². The maximum Gasteiger partial charge on any atom is 0.175 e. The molecule has 0 aliphatic carbocycles. The molecule has 0 atom stereocenters. The van der Waals surface area contributed by atoms with E-state index in [9.17, 15) is 0 Å². The molecule has 17 heavy (non-hydrogen) atoms. The van der Waals surface area contributed by atoms with Crippen LogP contribution in [0.1, 0.15) is 24.0 Å². The number of rotatable bonds is 6. The van der Waals surface area contributed by atoms with Gasteiger partial charge >= 0.3 is 0 Å². The molecule has 0 unspecified atom stereocenters. The van der Waals surface area contributed by atoms with Gasteiger partial charge in [0, 0.05) is 11.1 Å². The lowest BCUT2D eigenvalue weighted by Gasteiger charge is -1.92. The van der Waals surface area contributed by atoms with Gasteiger partial charge in [-0.25, -0.2) is 4.98 Å². The molecule has 2 aromatic rings. The largest absolute Gasteiger partial charge is 0.245 e. The highest BCUT2D eigenvalue weighted by Gasteiger charge is 2.06. The van der Waals surface area contributed by atoms with E-state index in [0.29, 0.717) is 0 Å². The van der Waals surface area contributed by atoms with Gasteiger partial charge in [-0.2, -0.15) is 0 Å².